The number of nitrogens with one attached hydrogen (secondary N) is 2. The van der Waals surface area contributed by atoms with E-state index in [2.05, 4.69) is 53.7 Å². The van der Waals surface area contributed by atoms with Gasteiger partial charge in [0, 0.05) is 22.5 Å². The van der Waals surface area contributed by atoms with Gasteiger partial charge in [0.25, 0.3) is 11.5 Å². The van der Waals surface area contributed by atoms with Crippen LogP contribution in [0.1, 0.15) is 36.7 Å². The van der Waals surface area contributed by atoms with Crippen LogP contribution in [-0.2, 0) is 20.7 Å². The highest BCUT2D eigenvalue weighted by Crippen LogP contribution is 2.33. The van der Waals surface area contributed by atoms with Crippen LogP contribution in [0.4, 0.5) is 15.9 Å². The molecule has 2 N–H and O–H groups in total. The van der Waals surface area contributed by atoms with Gasteiger partial charge >= 0.3 is 0 Å². The maximum atomic E-state index is 14.4. The summed E-state index contributed by atoms with van der Waals surface area (Å²) in [6.45, 7) is 12.1. The Morgan fingerprint density at radius 2 is 1.86 bits per heavy atom. The third-order valence-electron chi connectivity index (χ3n) is 6.03. The normalized spacial score (nSPS) is 14.1. The van der Waals surface area contributed by atoms with Crippen LogP contribution in [0.5, 0.6) is 0 Å². The van der Waals surface area contributed by atoms with Crippen LogP contribution in [0.15, 0.2) is 33.5 Å². The molecule has 1 heterocycles. The number of amides is 1. The number of nitrogens with zero attached hydrogens (tertiary/aromatic N) is 1. The fourth-order valence-corrected chi connectivity index (χ4v) is 5.63. The quantitative estimate of drug-likeness (QED) is 0.225. The van der Waals surface area contributed by atoms with E-state index in [1.807, 2.05) is 6.92 Å². The minimum absolute atomic E-state index is 0.00484. The maximum absolute atomic E-state index is 14.4. The van der Waals surface area contributed by atoms with Crippen molar-refractivity contribution in [3.05, 3.63) is 56.0 Å². The van der Waals surface area contributed by atoms with Crippen LogP contribution in [0.25, 0.3) is 0 Å². The molecule has 194 valence electrons. The van der Waals surface area contributed by atoms with Gasteiger partial charge in [-0.15, -0.1) is 0 Å². The molecule has 0 aliphatic carbocycles. The molecule has 1 atom stereocenters. The second-order valence-electron chi connectivity index (χ2n) is 8.91. The van der Waals surface area contributed by atoms with E-state index in [9.17, 15) is 14.0 Å². The van der Waals surface area contributed by atoms with E-state index in [1.165, 1.54) is 29.8 Å². The number of carbonyl (C=O) groups excluding carboxylic acids is 1. The molecule has 1 aromatic carbocycles. The molecule has 0 aliphatic heterocycles. The monoisotopic (exact) mass is 587 g/mol. The van der Waals surface area contributed by atoms with Gasteiger partial charge in [-0.1, -0.05) is 49.8 Å². The van der Waals surface area contributed by atoms with Crippen LogP contribution >= 0.6 is 15.9 Å². The van der Waals surface area contributed by atoms with Gasteiger partial charge in [0.05, 0.1) is 17.9 Å². The summed E-state index contributed by atoms with van der Waals surface area (Å²) in [6.07, 6.45) is -0.298. The van der Waals surface area contributed by atoms with E-state index in [1.54, 1.807) is 13.0 Å². The Labute approximate surface area is 218 Å². The fourth-order valence-electron chi connectivity index (χ4n) is 3.45. The lowest BCUT2D eigenvalue weighted by atomic mass is 9.80. The van der Waals surface area contributed by atoms with Gasteiger partial charge < -0.3 is 14.2 Å². The van der Waals surface area contributed by atoms with Crippen molar-refractivity contribution in [3.8, 4) is 0 Å². The van der Waals surface area contributed by atoms with Crippen LogP contribution < -0.4 is 16.4 Å². The lowest BCUT2D eigenvalue weighted by Gasteiger charge is -2.39. The molecule has 8 nitrogen and oxygen atoms in total. The summed E-state index contributed by atoms with van der Waals surface area (Å²) < 4.78 is 28.1. The first-order chi connectivity index (χ1) is 16.4. The zero-order valence-electron chi connectivity index (χ0n) is 21.3. The van der Waals surface area contributed by atoms with Crippen molar-refractivity contribution in [3.63, 3.8) is 0 Å². The smallest absolute Gasteiger partial charge is 0.278 e. The maximum Gasteiger partial charge on any atom is 0.278 e. The van der Waals surface area contributed by atoms with Crippen molar-refractivity contribution in [1.82, 2.24) is 10.0 Å². The molecule has 0 saturated heterocycles. The van der Waals surface area contributed by atoms with Gasteiger partial charge in [0.15, 0.2) is 19.5 Å². The lowest BCUT2D eigenvalue weighted by molar-refractivity contribution is -0.119. The predicted octanol–water partition coefficient (Wildman–Crippen LogP) is 3.29. The van der Waals surface area contributed by atoms with Crippen LogP contribution in [-0.4, -0.2) is 42.9 Å². The lowest BCUT2D eigenvalue weighted by Crippen LogP contribution is -2.43. The first kappa shape index (κ1) is 29.4. The summed E-state index contributed by atoms with van der Waals surface area (Å²) in [4.78, 5) is 31.1. The summed E-state index contributed by atoms with van der Waals surface area (Å²) in [5.74, 6) is -0.931. The minimum Gasteiger partial charge on any atom is -0.400 e. The Balaban J connectivity index is 2.20. The van der Waals surface area contributed by atoms with Gasteiger partial charge in [-0.2, -0.15) is 0 Å². The molecule has 1 aromatic heterocycles. The third-order valence-corrected chi connectivity index (χ3v) is 7.80. The molecule has 0 aliphatic rings. The number of benzene rings is 1. The molecular weight excluding hydrogens is 553 g/mol. The molecule has 0 saturated carbocycles. The van der Waals surface area contributed by atoms with Crippen molar-refractivity contribution in [2.24, 2.45) is 18.4 Å². The molecule has 0 bridgehead atoms. The molecule has 1 amide bonds. The first-order valence-electron chi connectivity index (χ1n) is 11.5. The zero-order valence-corrected chi connectivity index (χ0v) is 25.7. The molecule has 0 fully saturated rings. The number of aryl methyl sites for hydroxylation is 1. The van der Waals surface area contributed by atoms with E-state index < -0.39 is 31.3 Å². The SMILES string of the molecule is C[SiH2]OC(O[SiH2]C)C(C)(C)C(C)CONC(=O)c1cc(C)c(=O)n(C)c1Nc1ccc(Br)cc1F. The Hall–Kier alpha value is -1.84. The molecule has 0 radical (unpaired) electrons. The minimum atomic E-state index is -0.656. The second-order valence-corrected chi connectivity index (χ2v) is 11.6. The first-order valence-corrected chi connectivity index (χ1v) is 16.3. The number of hydroxylamine groups is 1. The summed E-state index contributed by atoms with van der Waals surface area (Å²) in [7, 11) is 0.206. The van der Waals surface area contributed by atoms with E-state index in [-0.39, 0.29) is 46.9 Å². The summed E-state index contributed by atoms with van der Waals surface area (Å²) in [6, 6.07) is 5.93. The second kappa shape index (κ2) is 12.9. The van der Waals surface area contributed by atoms with Gasteiger partial charge in [-0.25, -0.2) is 9.87 Å². The molecular formula is C23H35BrFN3O5Si2. The zero-order chi connectivity index (χ0) is 26.3. The summed E-state index contributed by atoms with van der Waals surface area (Å²) in [5.41, 5.74) is 2.49. The number of hydrogen-bond acceptors (Lipinski definition) is 6. The van der Waals surface area contributed by atoms with Gasteiger partial charge in [-0.3, -0.25) is 19.0 Å². The Kier molecular flexibility index (Phi) is 10.9. The van der Waals surface area contributed by atoms with Crippen molar-refractivity contribution in [2.45, 2.75) is 47.1 Å². The van der Waals surface area contributed by atoms with Gasteiger partial charge in [0.2, 0.25) is 0 Å². The Morgan fingerprint density at radius 1 is 1.23 bits per heavy atom. The predicted molar refractivity (Wildman–Crippen MR) is 145 cm³/mol. The number of halogens is 2. The van der Waals surface area contributed by atoms with E-state index >= 15 is 0 Å². The molecule has 2 aromatic rings. The standard InChI is InChI=1S/C23H35BrFN3O5Si2/c1-13-10-16(19(28(5)21(13)30)26-18-9-8-15(24)11-17(18)25)20(29)27-31-12-14(2)23(3,4)22(32-34-6)33-35-7/h8-11,14,22,26H,12,34-35H2,1-7H3,(H,27,29). The van der Waals surface area contributed by atoms with E-state index in [4.69, 9.17) is 13.7 Å². The molecule has 0 spiro atoms. The molecule has 1 unspecified atom stereocenters. The highest BCUT2D eigenvalue weighted by atomic mass is 79.9. The fraction of sp³-hybridized carbons (Fsp3) is 0.478. The van der Waals surface area contributed by atoms with Crippen LogP contribution in [0, 0.1) is 24.1 Å². The van der Waals surface area contributed by atoms with E-state index in [0.717, 1.165) is 0 Å². The summed E-state index contributed by atoms with van der Waals surface area (Å²) in [5, 5.41) is 2.88. The number of aromatic nitrogens is 1. The van der Waals surface area contributed by atoms with Gasteiger partial charge in [-0.05, 0) is 37.1 Å². The molecule has 2 rings (SSSR count). The average molecular weight is 589 g/mol. The number of rotatable bonds is 12. The summed E-state index contributed by atoms with van der Waals surface area (Å²) >= 11 is 3.22. The number of hydrogen-bond donors (Lipinski definition) is 2. The van der Waals surface area contributed by atoms with Crippen molar-refractivity contribution >= 4 is 52.9 Å². The van der Waals surface area contributed by atoms with Gasteiger partial charge in [0.1, 0.15) is 17.9 Å². The molecule has 12 heteroatoms. The number of carbonyl (C=O) groups is 1. The van der Waals surface area contributed by atoms with Crippen LogP contribution in [0.3, 0.4) is 0 Å². The van der Waals surface area contributed by atoms with Crippen molar-refractivity contribution < 1.29 is 22.9 Å². The Morgan fingerprint density at radius 3 is 2.43 bits per heavy atom. The Bertz CT molecular complexity index is 1090. The topological polar surface area (TPSA) is 90.8 Å². The highest BCUT2D eigenvalue weighted by molar-refractivity contribution is 9.10. The van der Waals surface area contributed by atoms with Crippen molar-refractivity contribution in [1.29, 1.82) is 0 Å². The molecule has 35 heavy (non-hydrogen) atoms. The highest BCUT2D eigenvalue weighted by Gasteiger charge is 2.36. The average Bonchev–Trinajstić information content (AvgIpc) is 2.80. The number of anilines is 2. The third kappa shape index (κ3) is 7.34. The van der Waals surface area contributed by atoms with Crippen molar-refractivity contribution in [2.75, 3.05) is 11.9 Å². The van der Waals surface area contributed by atoms with Crippen LogP contribution in [0.2, 0.25) is 13.1 Å². The largest absolute Gasteiger partial charge is 0.400 e. The number of pyridine rings is 1. The van der Waals surface area contributed by atoms with E-state index in [0.29, 0.717) is 10.0 Å².